The fraction of sp³-hybridized carbons (Fsp3) is 0.250. The largest absolute Gasteiger partial charge is 0.417 e. The number of hydrogen-bond donors (Lipinski definition) is 1. The predicted octanol–water partition coefficient (Wildman–Crippen LogP) is 5.77. The lowest BCUT2D eigenvalue weighted by Crippen LogP contribution is -2.16. The summed E-state index contributed by atoms with van der Waals surface area (Å²) >= 11 is 5.58. The van der Waals surface area contributed by atoms with Gasteiger partial charge in [0.1, 0.15) is 8.07 Å². The van der Waals surface area contributed by atoms with Crippen molar-refractivity contribution in [1.29, 1.82) is 0 Å². The molecular formula is C20H19ClF3NOSi. The number of nitrogens with one attached hydrogen (secondary N) is 1. The van der Waals surface area contributed by atoms with E-state index in [-0.39, 0.29) is 12.1 Å². The van der Waals surface area contributed by atoms with E-state index in [9.17, 15) is 18.0 Å². The summed E-state index contributed by atoms with van der Waals surface area (Å²) in [6.07, 6.45) is -4.55. The molecule has 2 rings (SSSR count). The average Bonchev–Trinajstić information content (AvgIpc) is 2.53. The molecule has 1 amide bonds. The number of halogens is 4. The van der Waals surface area contributed by atoms with Crippen molar-refractivity contribution in [3.8, 4) is 11.5 Å². The third-order valence-corrected chi connectivity index (χ3v) is 4.63. The molecule has 0 spiro atoms. The van der Waals surface area contributed by atoms with Crippen molar-refractivity contribution in [1.82, 2.24) is 0 Å². The van der Waals surface area contributed by atoms with Gasteiger partial charge in [-0.05, 0) is 35.9 Å². The van der Waals surface area contributed by atoms with Crippen LogP contribution in [0.2, 0.25) is 24.7 Å². The molecular weight excluding hydrogens is 391 g/mol. The first-order valence-corrected chi connectivity index (χ1v) is 12.1. The molecule has 0 heterocycles. The van der Waals surface area contributed by atoms with Crippen LogP contribution in [0.15, 0.2) is 42.5 Å². The first-order valence-electron chi connectivity index (χ1n) is 8.23. The van der Waals surface area contributed by atoms with Gasteiger partial charge < -0.3 is 5.32 Å². The number of alkyl halides is 3. The summed E-state index contributed by atoms with van der Waals surface area (Å²) in [6.45, 7) is 6.41. The first-order chi connectivity index (χ1) is 12.4. The summed E-state index contributed by atoms with van der Waals surface area (Å²) in [4.78, 5) is 12.2. The molecule has 0 atom stereocenters. The lowest BCUT2D eigenvalue weighted by molar-refractivity contribution is -0.137. The molecule has 2 aromatic carbocycles. The van der Waals surface area contributed by atoms with Crippen molar-refractivity contribution in [2.45, 2.75) is 32.2 Å². The van der Waals surface area contributed by atoms with Crippen LogP contribution in [-0.2, 0) is 17.4 Å². The normalized spacial score (nSPS) is 11.5. The van der Waals surface area contributed by atoms with E-state index in [4.69, 9.17) is 11.6 Å². The SMILES string of the molecule is C[Si](C)(C)C#Cc1cccc(CC(=O)Nc2ccc(Cl)c(C(F)(F)F)c2)c1. The number of benzene rings is 2. The molecule has 27 heavy (non-hydrogen) atoms. The minimum absolute atomic E-state index is 0.0342. The lowest BCUT2D eigenvalue weighted by atomic mass is 10.1. The summed E-state index contributed by atoms with van der Waals surface area (Å²) in [5.74, 6) is 2.70. The van der Waals surface area contributed by atoms with Crippen LogP contribution >= 0.6 is 11.6 Å². The number of rotatable bonds is 3. The van der Waals surface area contributed by atoms with E-state index < -0.39 is 30.7 Å². The standard InChI is InChI=1S/C20H19ClF3NOSi/c1-27(2,3)10-9-14-5-4-6-15(11-14)12-19(26)25-16-7-8-18(21)17(13-16)20(22,23)24/h4-8,11,13H,12H2,1-3H3,(H,25,26). The van der Waals surface area contributed by atoms with Crippen LogP contribution in [0, 0.1) is 11.5 Å². The molecule has 1 N–H and O–H groups in total. The highest BCUT2D eigenvalue weighted by Gasteiger charge is 2.33. The number of anilines is 1. The Labute approximate surface area is 162 Å². The van der Waals surface area contributed by atoms with Crippen LogP contribution < -0.4 is 5.32 Å². The van der Waals surface area contributed by atoms with Crippen LogP contribution in [-0.4, -0.2) is 14.0 Å². The predicted molar refractivity (Wildman–Crippen MR) is 105 cm³/mol. The van der Waals surface area contributed by atoms with E-state index in [1.807, 2.05) is 12.1 Å². The molecule has 0 radical (unpaired) electrons. The van der Waals surface area contributed by atoms with Gasteiger partial charge in [0.05, 0.1) is 17.0 Å². The summed E-state index contributed by atoms with van der Waals surface area (Å²) in [6, 6.07) is 10.6. The number of hydrogen-bond acceptors (Lipinski definition) is 1. The van der Waals surface area contributed by atoms with Crippen LogP contribution in [0.5, 0.6) is 0 Å². The highest BCUT2D eigenvalue weighted by Crippen LogP contribution is 2.36. The van der Waals surface area contributed by atoms with Crippen molar-refractivity contribution < 1.29 is 18.0 Å². The van der Waals surface area contributed by atoms with Crippen LogP contribution in [0.25, 0.3) is 0 Å². The second kappa shape index (κ2) is 8.20. The Bertz CT molecular complexity index is 908. The Morgan fingerprint density at radius 3 is 2.48 bits per heavy atom. The van der Waals surface area contributed by atoms with Crippen LogP contribution in [0.4, 0.5) is 18.9 Å². The third-order valence-electron chi connectivity index (χ3n) is 3.43. The number of amides is 1. The molecule has 0 aromatic heterocycles. The summed E-state index contributed by atoms with van der Waals surface area (Å²) in [5, 5.41) is 2.07. The molecule has 7 heteroatoms. The van der Waals surface area contributed by atoms with Gasteiger partial charge in [0.15, 0.2) is 0 Å². The Kier molecular flexibility index (Phi) is 6.40. The minimum atomic E-state index is -4.58. The fourth-order valence-corrected chi connectivity index (χ4v) is 2.97. The quantitative estimate of drug-likeness (QED) is 0.506. The summed E-state index contributed by atoms with van der Waals surface area (Å²) < 4.78 is 38.7. The van der Waals surface area contributed by atoms with Gasteiger partial charge in [0.25, 0.3) is 0 Å². The van der Waals surface area contributed by atoms with Crippen molar-refractivity contribution >= 4 is 31.3 Å². The monoisotopic (exact) mass is 409 g/mol. The maximum Gasteiger partial charge on any atom is 0.417 e. The van der Waals surface area contributed by atoms with E-state index in [0.717, 1.165) is 23.3 Å². The van der Waals surface area contributed by atoms with Gasteiger partial charge in [-0.25, -0.2) is 0 Å². The van der Waals surface area contributed by atoms with E-state index >= 15 is 0 Å². The van der Waals surface area contributed by atoms with Crippen LogP contribution in [0.3, 0.4) is 0 Å². The highest BCUT2D eigenvalue weighted by molar-refractivity contribution is 6.83. The van der Waals surface area contributed by atoms with Crippen molar-refractivity contribution in [3.05, 3.63) is 64.2 Å². The molecule has 0 aliphatic heterocycles. The van der Waals surface area contributed by atoms with Gasteiger partial charge in [-0.1, -0.05) is 49.3 Å². The van der Waals surface area contributed by atoms with Crippen molar-refractivity contribution in [2.75, 3.05) is 5.32 Å². The molecule has 0 saturated carbocycles. The molecule has 2 aromatic rings. The zero-order valence-corrected chi connectivity index (χ0v) is 16.9. The van der Waals surface area contributed by atoms with E-state index in [2.05, 4.69) is 36.4 Å². The van der Waals surface area contributed by atoms with Crippen molar-refractivity contribution in [2.24, 2.45) is 0 Å². The minimum Gasteiger partial charge on any atom is -0.326 e. The highest BCUT2D eigenvalue weighted by atomic mass is 35.5. The average molecular weight is 410 g/mol. The van der Waals surface area contributed by atoms with Gasteiger partial charge in [0, 0.05) is 11.3 Å². The molecule has 0 unspecified atom stereocenters. The maximum atomic E-state index is 12.9. The lowest BCUT2D eigenvalue weighted by Gasteiger charge is -2.12. The first kappa shape index (κ1) is 21.1. The van der Waals surface area contributed by atoms with Gasteiger partial charge in [0.2, 0.25) is 5.91 Å². The summed E-state index contributed by atoms with van der Waals surface area (Å²) in [5.41, 5.74) is 3.87. The van der Waals surface area contributed by atoms with E-state index in [1.54, 1.807) is 12.1 Å². The summed E-state index contributed by atoms with van der Waals surface area (Å²) in [7, 11) is -1.51. The van der Waals surface area contributed by atoms with E-state index in [0.29, 0.717) is 0 Å². The topological polar surface area (TPSA) is 29.1 Å². The molecule has 2 nitrogen and oxygen atoms in total. The Morgan fingerprint density at radius 2 is 1.85 bits per heavy atom. The maximum absolute atomic E-state index is 12.9. The van der Waals surface area contributed by atoms with Crippen molar-refractivity contribution in [3.63, 3.8) is 0 Å². The molecule has 0 fully saturated rings. The zero-order valence-electron chi connectivity index (χ0n) is 15.2. The van der Waals surface area contributed by atoms with Gasteiger partial charge in [-0.15, -0.1) is 5.54 Å². The fourth-order valence-electron chi connectivity index (χ4n) is 2.23. The molecule has 0 aliphatic rings. The van der Waals surface area contributed by atoms with Gasteiger partial charge in [-0.2, -0.15) is 13.2 Å². The smallest absolute Gasteiger partial charge is 0.326 e. The zero-order chi connectivity index (χ0) is 20.2. The Balaban J connectivity index is 2.11. The van der Waals surface area contributed by atoms with E-state index in [1.165, 1.54) is 6.07 Å². The second-order valence-electron chi connectivity index (χ2n) is 7.12. The number of carbonyl (C=O) groups excluding carboxylic acids is 1. The molecule has 142 valence electrons. The third kappa shape index (κ3) is 6.78. The van der Waals surface area contributed by atoms with Gasteiger partial charge in [-0.3, -0.25) is 4.79 Å². The Hall–Kier alpha value is -2.23. The van der Waals surface area contributed by atoms with Gasteiger partial charge >= 0.3 is 6.18 Å². The van der Waals surface area contributed by atoms with Crippen LogP contribution in [0.1, 0.15) is 16.7 Å². The molecule has 0 bridgehead atoms. The second-order valence-corrected chi connectivity index (χ2v) is 12.3. The number of carbonyl (C=O) groups is 1. The molecule has 0 saturated heterocycles. The Morgan fingerprint density at radius 1 is 1.15 bits per heavy atom. The molecule has 0 aliphatic carbocycles.